The normalized spacial score (nSPS) is 15.5. The van der Waals surface area contributed by atoms with Gasteiger partial charge in [0.25, 0.3) is 0 Å². The van der Waals surface area contributed by atoms with E-state index in [1.807, 2.05) is 6.92 Å². The summed E-state index contributed by atoms with van der Waals surface area (Å²) in [4.78, 5) is 14.4. The van der Waals surface area contributed by atoms with Crippen LogP contribution in [0.1, 0.15) is 23.0 Å². The summed E-state index contributed by atoms with van der Waals surface area (Å²) < 4.78 is 18.2. The Morgan fingerprint density at radius 3 is 2.56 bits per heavy atom. The van der Waals surface area contributed by atoms with Crippen LogP contribution in [0.15, 0.2) is 0 Å². The van der Waals surface area contributed by atoms with E-state index in [0.29, 0.717) is 38.9 Å². The van der Waals surface area contributed by atoms with Crippen molar-refractivity contribution in [1.82, 2.24) is 9.78 Å². The number of carbonyl (C=O) groups excluding carboxylic acids is 1. The highest BCUT2D eigenvalue weighted by Crippen LogP contribution is 2.25. The highest BCUT2D eigenvalue weighted by molar-refractivity contribution is 6.76. The maximum atomic E-state index is 12.2. The minimum absolute atomic E-state index is 0.338. The lowest BCUT2D eigenvalue weighted by Gasteiger charge is -2.29. The number of ether oxygens (including phenoxy) is 3. The molecule has 8 heteroatoms. The summed E-state index contributed by atoms with van der Waals surface area (Å²) in [6.45, 7) is 15.0. The molecule has 0 amide bonds. The van der Waals surface area contributed by atoms with E-state index in [-0.39, 0.29) is 5.97 Å². The number of anilines is 1. The lowest BCUT2D eigenvalue weighted by molar-refractivity contribution is 0.0510. The van der Waals surface area contributed by atoms with Gasteiger partial charge in [-0.15, -0.1) is 0 Å². The maximum absolute atomic E-state index is 12.2. The van der Waals surface area contributed by atoms with E-state index in [0.717, 1.165) is 30.5 Å². The first-order valence-electron chi connectivity index (χ1n) is 8.98. The molecule has 142 valence electrons. The minimum Gasteiger partial charge on any atom is -0.461 e. The molecule has 7 nitrogen and oxygen atoms in total. The summed E-state index contributed by atoms with van der Waals surface area (Å²) >= 11 is 0. The summed E-state index contributed by atoms with van der Waals surface area (Å²) in [6, 6.07) is 1.10. The molecule has 0 atom stereocenters. The van der Waals surface area contributed by atoms with Crippen molar-refractivity contribution in [3.05, 3.63) is 11.3 Å². The van der Waals surface area contributed by atoms with Gasteiger partial charge in [0.05, 0.1) is 19.8 Å². The van der Waals surface area contributed by atoms with E-state index in [2.05, 4.69) is 29.6 Å². The fourth-order valence-electron chi connectivity index (χ4n) is 2.73. The monoisotopic (exact) mass is 369 g/mol. The van der Waals surface area contributed by atoms with E-state index in [4.69, 9.17) is 14.2 Å². The van der Waals surface area contributed by atoms with Gasteiger partial charge in [-0.25, -0.2) is 9.48 Å². The molecule has 0 bridgehead atoms. The highest BCUT2D eigenvalue weighted by atomic mass is 28.3. The highest BCUT2D eigenvalue weighted by Gasteiger charge is 2.26. The van der Waals surface area contributed by atoms with Crippen molar-refractivity contribution in [1.29, 1.82) is 0 Å². The predicted molar refractivity (Wildman–Crippen MR) is 100 cm³/mol. The van der Waals surface area contributed by atoms with Crippen LogP contribution in [0.5, 0.6) is 0 Å². The number of rotatable bonds is 8. The van der Waals surface area contributed by atoms with Crippen LogP contribution in [0.3, 0.4) is 0 Å². The van der Waals surface area contributed by atoms with Crippen LogP contribution in [0, 0.1) is 6.92 Å². The second-order valence-corrected chi connectivity index (χ2v) is 13.1. The Bertz CT molecular complexity index is 577. The molecule has 2 heterocycles. The van der Waals surface area contributed by atoms with E-state index in [9.17, 15) is 4.79 Å². The van der Waals surface area contributed by atoms with Crippen LogP contribution in [-0.4, -0.2) is 63.3 Å². The Balaban J connectivity index is 2.16. The number of nitrogens with zero attached hydrogens (tertiary/aromatic N) is 3. The largest absolute Gasteiger partial charge is 0.461 e. The third-order valence-corrected chi connectivity index (χ3v) is 5.85. The van der Waals surface area contributed by atoms with Crippen molar-refractivity contribution in [2.45, 2.75) is 46.3 Å². The van der Waals surface area contributed by atoms with Gasteiger partial charge in [-0.3, -0.25) is 0 Å². The molecule has 1 saturated heterocycles. The predicted octanol–water partition coefficient (Wildman–Crippen LogP) is 2.52. The van der Waals surface area contributed by atoms with E-state index < -0.39 is 8.07 Å². The summed E-state index contributed by atoms with van der Waals surface area (Å²) in [5, 5.41) is 4.48. The van der Waals surface area contributed by atoms with E-state index >= 15 is 0 Å². The summed E-state index contributed by atoms with van der Waals surface area (Å²) in [5.41, 5.74) is 1.21. The zero-order chi connectivity index (χ0) is 18.4. The Kier molecular flexibility index (Phi) is 7.03. The van der Waals surface area contributed by atoms with Crippen LogP contribution >= 0.6 is 0 Å². The van der Waals surface area contributed by atoms with Crippen LogP contribution in [0.4, 0.5) is 5.82 Å². The van der Waals surface area contributed by atoms with Gasteiger partial charge in [-0.1, -0.05) is 19.6 Å². The topological polar surface area (TPSA) is 65.8 Å². The SMILES string of the molecule is CCOC(=O)c1nn(COCC[Si](C)(C)C)c(N2CCOCC2)c1C. The number of carbonyl (C=O) groups is 1. The molecule has 0 aromatic carbocycles. The van der Waals surface area contributed by atoms with Gasteiger partial charge >= 0.3 is 5.97 Å². The molecular weight excluding hydrogens is 338 g/mol. The third kappa shape index (κ3) is 5.55. The average molecular weight is 370 g/mol. The summed E-state index contributed by atoms with van der Waals surface area (Å²) in [6.07, 6.45) is 0. The molecule has 25 heavy (non-hydrogen) atoms. The van der Waals surface area contributed by atoms with E-state index in [1.165, 1.54) is 0 Å². The Labute approximate surface area is 151 Å². The third-order valence-electron chi connectivity index (χ3n) is 4.15. The van der Waals surface area contributed by atoms with Crippen LogP contribution in [-0.2, 0) is 20.9 Å². The molecule has 1 aliphatic heterocycles. The van der Waals surface area contributed by atoms with Crippen LogP contribution < -0.4 is 4.90 Å². The first-order chi connectivity index (χ1) is 11.8. The van der Waals surface area contributed by atoms with Gasteiger partial charge in [-0.2, -0.15) is 5.10 Å². The molecular formula is C17H31N3O4Si. The fourth-order valence-corrected chi connectivity index (χ4v) is 3.49. The van der Waals surface area contributed by atoms with Gasteiger partial charge in [0.2, 0.25) is 0 Å². The van der Waals surface area contributed by atoms with Crippen LogP contribution in [0.25, 0.3) is 0 Å². The van der Waals surface area contributed by atoms with E-state index in [1.54, 1.807) is 11.6 Å². The maximum Gasteiger partial charge on any atom is 0.359 e. The quantitative estimate of drug-likeness (QED) is 0.398. The summed E-state index contributed by atoms with van der Waals surface area (Å²) in [5.74, 6) is 0.551. The first-order valence-corrected chi connectivity index (χ1v) is 12.7. The Morgan fingerprint density at radius 2 is 1.96 bits per heavy atom. The van der Waals surface area contributed by atoms with Crippen molar-refractivity contribution in [3.8, 4) is 0 Å². The Hall–Kier alpha value is -1.38. The van der Waals surface area contributed by atoms with Gasteiger partial charge < -0.3 is 19.1 Å². The molecule has 2 rings (SSSR count). The molecule has 1 aromatic heterocycles. The molecule has 0 saturated carbocycles. The number of hydrogen-bond donors (Lipinski definition) is 0. The number of morpholine rings is 1. The number of esters is 1. The summed E-state index contributed by atoms with van der Waals surface area (Å²) in [7, 11) is -1.13. The average Bonchev–Trinajstić information content (AvgIpc) is 2.88. The second-order valence-electron chi connectivity index (χ2n) is 7.46. The van der Waals surface area contributed by atoms with Crippen molar-refractivity contribution >= 4 is 19.9 Å². The van der Waals surface area contributed by atoms with Gasteiger partial charge in [0.1, 0.15) is 12.5 Å². The Morgan fingerprint density at radius 1 is 1.28 bits per heavy atom. The van der Waals surface area contributed by atoms with Crippen LogP contribution in [0.2, 0.25) is 25.7 Å². The second kappa shape index (κ2) is 8.82. The molecule has 0 N–H and O–H groups in total. The molecule has 0 unspecified atom stereocenters. The molecule has 0 spiro atoms. The zero-order valence-electron chi connectivity index (χ0n) is 16.1. The van der Waals surface area contributed by atoms with Gasteiger partial charge in [0.15, 0.2) is 5.69 Å². The van der Waals surface area contributed by atoms with Crippen molar-refractivity contribution in [2.75, 3.05) is 44.4 Å². The van der Waals surface area contributed by atoms with Gasteiger partial charge in [-0.05, 0) is 19.9 Å². The standard InChI is InChI=1S/C17H31N3O4Si/c1-6-24-17(21)15-14(2)16(19-7-9-22-10-8-19)20(18-15)13-23-11-12-25(3,4)5/h6-13H2,1-5H3. The first kappa shape index (κ1) is 19.9. The smallest absolute Gasteiger partial charge is 0.359 e. The van der Waals surface area contributed by atoms with Crippen molar-refractivity contribution in [2.24, 2.45) is 0 Å². The zero-order valence-corrected chi connectivity index (χ0v) is 17.1. The number of hydrogen-bond acceptors (Lipinski definition) is 6. The molecule has 0 radical (unpaired) electrons. The lowest BCUT2D eigenvalue weighted by atomic mass is 10.2. The molecule has 0 aliphatic carbocycles. The van der Waals surface area contributed by atoms with Crippen molar-refractivity contribution < 1.29 is 19.0 Å². The number of aromatic nitrogens is 2. The molecule has 1 aromatic rings. The lowest BCUT2D eigenvalue weighted by Crippen LogP contribution is -2.38. The fraction of sp³-hybridized carbons (Fsp3) is 0.765. The molecule has 1 fully saturated rings. The van der Waals surface area contributed by atoms with Gasteiger partial charge in [0, 0.05) is 33.3 Å². The van der Waals surface area contributed by atoms with Crippen molar-refractivity contribution in [3.63, 3.8) is 0 Å². The molecule has 1 aliphatic rings. The minimum atomic E-state index is -1.13.